The Morgan fingerprint density at radius 3 is 2.35 bits per heavy atom. The molecule has 112 valence electrons. The second-order valence-corrected chi connectivity index (χ2v) is 8.27. The van der Waals surface area contributed by atoms with Crippen LogP contribution in [-0.4, -0.2) is 26.0 Å². The Hall–Kier alpha value is -0.590. The van der Waals surface area contributed by atoms with Crippen molar-refractivity contribution in [3.8, 4) is 0 Å². The van der Waals surface area contributed by atoms with Gasteiger partial charge >= 0.3 is 0 Å². The Kier molecular flexibility index (Phi) is 5.09. The first-order valence-corrected chi connectivity index (χ1v) is 9.49. The zero-order chi connectivity index (χ0) is 14.6. The highest BCUT2D eigenvalue weighted by molar-refractivity contribution is 8.00. The van der Waals surface area contributed by atoms with E-state index in [1.165, 1.54) is 30.7 Å². The molecule has 1 fully saturated rings. The molecule has 6 heteroatoms. The lowest BCUT2D eigenvalue weighted by atomic mass is 9.88. The minimum atomic E-state index is -3.55. The molecule has 0 radical (unpaired) electrons. The summed E-state index contributed by atoms with van der Waals surface area (Å²) in [5.74, 6) is -0.434. The van der Waals surface area contributed by atoms with Gasteiger partial charge < -0.3 is 0 Å². The molecule has 0 bridgehead atoms. The van der Waals surface area contributed by atoms with Gasteiger partial charge in [-0.2, -0.15) is 11.8 Å². The van der Waals surface area contributed by atoms with Gasteiger partial charge in [0.05, 0.1) is 4.90 Å². The Labute approximate surface area is 124 Å². The van der Waals surface area contributed by atoms with E-state index in [4.69, 9.17) is 0 Å². The van der Waals surface area contributed by atoms with Crippen molar-refractivity contribution in [2.45, 2.75) is 41.7 Å². The second-order valence-electron chi connectivity index (χ2n) is 5.23. The predicted octanol–water partition coefficient (Wildman–Crippen LogP) is 3.17. The lowest BCUT2D eigenvalue weighted by molar-refractivity contribution is 0.395. The number of hydrogen-bond donors (Lipinski definition) is 1. The molecule has 0 heterocycles. The topological polar surface area (TPSA) is 46.2 Å². The summed E-state index contributed by atoms with van der Waals surface area (Å²) in [6, 6.07) is 4.92. The van der Waals surface area contributed by atoms with Gasteiger partial charge in [-0.15, -0.1) is 0 Å². The molecule has 0 aromatic heterocycles. The molecule has 1 saturated carbocycles. The molecule has 1 N–H and O–H groups in total. The Bertz CT molecular complexity index is 537. The van der Waals surface area contributed by atoms with E-state index in [9.17, 15) is 12.8 Å². The predicted molar refractivity (Wildman–Crippen MR) is 80.9 cm³/mol. The summed E-state index contributed by atoms with van der Waals surface area (Å²) in [7, 11) is -3.55. The summed E-state index contributed by atoms with van der Waals surface area (Å²) in [6.07, 6.45) is 7.66. The van der Waals surface area contributed by atoms with Crippen molar-refractivity contribution in [3.63, 3.8) is 0 Å². The summed E-state index contributed by atoms with van der Waals surface area (Å²) in [5, 5.41) is 0. The molecule has 1 aliphatic carbocycles. The third-order valence-electron chi connectivity index (χ3n) is 3.91. The molecule has 1 aromatic carbocycles. The van der Waals surface area contributed by atoms with Crippen molar-refractivity contribution in [2.24, 2.45) is 0 Å². The summed E-state index contributed by atoms with van der Waals surface area (Å²) >= 11 is 1.74. The molecule has 1 aromatic rings. The van der Waals surface area contributed by atoms with Crippen LogP contribution in [0, 0.1) is 5.82 Å². The number of thioether (sulfide) groups is 1. The maximum atomic E-state index is 12.8. The van der Waals surface area contributed by atoms with Crippen LogP contribution in [0.25, 0.3) is 0 Å². The van der Waals surface area contributed by atoms with Gasteiger partial charge in [0.2, 0.25) is 10.0 Å². The van der Waals surface area contributed by atoms with Gasteiger partial charge in [-0.3, -0.25) is 0 Å². The summed E-state index contributed by atoms with van der Waals surface area (Å²) in [4.78, 5) is 0.117. The highest BCUT2D eigenvalue weighted by Crippen LogP contribution is 2.38. The fourth-order valence-corrected chi connectivity index (χ4v) is 4.70. The first-order valence-electron chi connectivity index (χ1n) is 6.78. The standard InChI is InChI=1S/C14H20FNO2S2/c1-19-14(9-3-2-4-10-14)11-16-20(17,18)13-7-5-12(15)6-8-13/h5-8,16H,2-4,9-11H2,1H3. The van der Waals surface area contributed by atoms with E-state index in [1.807, 2.05) is 6.26 Å². The van der Waals surface area contributed by atoms with E-state index < -0.39 is 15.8 Å². The van der Waals surface area contributed by atoms with Gasteiger partial charge in [-0.05, 0) is 43.4 Å². The summed E-state index contributed by atoms with van der Waals surface area (Å²) in [5.41, 5.74) is 0. The van der Waals surface area contributed by atoms with Crippen LogP contribution in [0.1, 0.15) is 32.1 Å². The van der Waals surface area contributed by atoms with Crippen molar-refractivity contribution in [1.29, 1.82) is 0 Å². The highest BCUT2D eigenvalue weighted by atomic mass is 32.2. The van der Waals surface area contributed by atoms with Crippen LogP contribution in [0.3, 0.4) is 0 Å². The Balaban J connectivity index is 2.06. The molecule has 3 nitrogen and oxygen atoms in total. The minimum Gasteiger partial charge on any atom is -0.210 e. The number of rotatable bonds is 5. The zero-order valence-electron chi connectivity index (χ0n) is 11.6. The molecule has 1 aliphatic rings. The first-order chi connectivity index (χ1) is 9.47. The molecular formula is C14H20FNO2S2. The van der Waals surface area contributed by atoms with Crippen LogP contribution in [-0.2, 0) is 10.0 Å². The first kappa shape index (κ1) is 15.8. The average Bonchev–Trinajstić information content (AvgIpc) is 2.47. The SMILES string of the molecule is CSC1(CNS(=O)(=O)c2ccc(F)cc2)CCCCC1. The Morgan fingerprint density at radius 1 is 1.20 bits per heavy atom. The van der Waals surface area contributed by atoms with Crippen LogP contribution in [0.5, 0.6) is 0 Å². The van der Waals surface area contributed by atoms with E-state index in [0.717, 1.165) is 25.7 Å². The fraction of sp³-hybridized carbons (Fsp3) is 0.571. The zero-order valence-corrected chi connectivity index (χ0v) is 13.2. The maximum absolute atomic E-state index is 12.8. The molecule has 0 unspecified atom stereocenters. The summed E-state index contributed by atoms with van der Waals surface area (Å²) in [6.45, 7) is 0.438. The number of hydrogen-bond acceptors (Lipinski definition) is 3. The number of nitrogens with one attached hydrogen (secondary N) is 1. The third-order valence-corrected chi connectivity index (χ3v) is 6.74. The van der Waals surface area contributed by atoms with Crippen LogP contribution in [0.4, 0.5) is 4.39 Å². The van der Waals surface area contributed by atoms with Crippen LogP contribution >= 0.6 is 11.8 Å². The molecule has 2 rings (SSSR count). The van der Waals surface area contributed by atoms with E-state index in [2.05, 4.69) is 4.72 Å². The van der Waals surface area contributed by atoms with Crippen LogP contribution < -0.4 is 4.72 Å². The molecule has 0 aliphatic heterocycles. The Morgan fingerprint density at radius 2 is 1.80 bits per heavy atom. The van der Waals surface area contributed by atoms with Crippen LogP contribution in [0.2, 0.25) is 0 Å². The van der Waals surface area contributed by atoms with Gasteiger partial charge in [0.25, 0.3) is 0 Å². The third kappa shape index (κ3) is 3.74. The average molecular weight is 317 g/mol. The molecule has 0 amide bonds. The lowest BCUT2D eigenvalue weighted by Crippen LogP contribution is -2.41. The van der Waals surface area contributed by atoms with Gasteiger partial charge in [0, 0.05) is 11.3 Å². The largest absolute Gasteiger partial charge is 0.240 e. The van der Waals surface area contributed by atoms with E-state index in [0.29, 0.717) is 6.54 Å². The lowest BCUT2D eigenvalue weighted by Gasteiger charge is -2.35. The molecule has 0 spiro atoms. The fourth-order valence-electron chi connectivity index (χ4n) is 2.57. The molecule has 0 atom stereocenters. The minimum absolute atomic E-state index is 0.00531. The summed E-state index contributed by atoms with van der Waals surface area (Å²) < 4.78 is 39.9. The quantitative estimate of drug-likeness (QED) is 0.907. The van der Waals surface area contributed by atoms with E-state index >= 15 is 0 Å². The van der Waals surface area contributed by atoms with Crippen molar-refractivity contribution in [1.82, 2.24) is 4.72 Å². The molecular weight excluding hydrogens is 297 g/mol. The van der Waals surface area contributed by atoms with Gasteiger partial charge in [0.15, 0.2) is 0 Å². The second kappa shape index (κ2) is 6.45. The normalized spacial score (nSPS) is 18.9. The van der Waals surface area contributed by atoms with Crippen molar-refractivity contribution in [2.75, 3.05) is 12.8 Å². The molecule has 20 heavy (non-hydrogen) atoms. The number of sulfonamides is 1. The van der Waals surface area contributed by atoms with Crippen LogP contribution in [0.15, 0.2) is 29.2 Å². The van der Waals surface area contributed by atoms with E-state index in [-0.39, 0.29) is 9.64 Å². The van der Waals surface area contributed by atoms with E-state index in [1.54, 1.807) is 11.8 Å². The number of halogens is 1. The van der Waals surface area contributed by atoms with Crippen molar-refractivity contribution >= 4 is 21.8 Å². The van der Waals surface area contributed by atoms with Crippen molar-refractivity contribution < 1.29 is 12.8 Å². The highest BCUT2D eigenvalue weighted by Gasteiger charge is 2.32. The van der Waals surface area contributed by atoms with Gasteiger partial charge in [-0.1, -0.05) is 19.3 Å². The molecule has 0 saturated heterocycles. The monoisotopic (exact) mass is 317 g/mol. The smallest absolute Gasteiger partial charge is 0.210 e. The maximum Gasteiger partial charge on any atom is 0.240 e. The van der Waals surface area contributed by atoms with Gasteiger partial charge in [-0.25, -0.2) is 17.5 Å². The van der Waals surface area contributed by atoms with Gasteiger partial charge in [0.1, 0.15) is 5.82 Å². The van der Waals surface area contributed by atoms with Crippen molar-refractivity contribution in [3.05, 3.63) is 30.1 Å². The number of benzene rings is 1.